The molecule has 0 aliphatic carbocycles. The van der Waals surface area contributed by atoms with Gasteiger partial charge in [-0.15, -0.1) is 0 Å². The number of nitrogens with zero attached hydrogens (tertiary/aromatic N) is 1. The van der Waals surface area contributed by atoms with Crippen molar-refractivity contribution in [3.63, 3.8) is 0 Å². The molecule has 0 amide bonds. The fourth-order valence-corrected chi connectivity index (χ4v) is 1.57. The SMILES string of the molecule is CCN(CC)CC(C=O)(CC)CC. The molecule has 0 rings (SSSR count). The molecule has 0 heterocycles. The Balaban J connectivity index is 4.30. The second kappa shape index (κ2) is 6.14. The molecule has 0 atom stereocenters. The molecule has 0 spiro atoms. The normalized spacial score (nSPS) is 12.1. The van der Waals surface area contributed by atoms with Gasteiger partial charge >= 0.3 is 0 Å². The van der Waals surface area contributed by atoms with E-state index in [1.807, 2.05) is 0 Å². The van der Waals surface area contributed by atoms with Crippen LogP contribution >= 0.6 is 0 Å². The average Bonchev–Trinajstić information content (AvgIpc) is 2.21. The van der Waals surface area contributed by atoms with E-state index in [4.69, 9.17) is 0 Å². The van der Waals surface area contributed by atoms with Gasteiger partial charge in [-0.1, -0.05) is 27.7 Å². The highest BCUT2D eigenvalue weighted by molar-refractivity contribution is 5.59. The lowest BCUT2D eigenvalue weighted by molar-refractivity contribution is -0.117. The van der Waals surface area contributed by atoms with Gasteiger partial charge in [-0.3, -0.25) is 0 Å². The first-order valence-electron chi connectivity index (χ1n) is 5.36. The molecule has 0 radical (unpaired) electrons. The van der Waals surface area contributed by atoms with Crippen molar-refractivity contribution < 1.29 is 4.79 Å². The monoisotopic (exact) mass is 185 g/mol. The van der Waals surface area contributed by atoms with Crippen LogP contribution < -0.4 is 0 Å². The summed E-state index contributed by atoms with van der Waals surface area (Å²) in [6, 6.07) is 0. The van der Waals surface area contributed by atoms with Crippen molar-refractivity contribution in [1.82, 2.24) is 4.90 Å². The lowest BCUT2D eigenvalue weighted by atomic mass is 9.83. The number of carbonyl (C=O) groups excluding carboxylic acids is 1. The number of hydrogen-bond acceptors (Lipinski definition) is 2. The smallest absolute Gasteiger partial charge is 0.127 e. The van der Waals surface area contributed by atoms with Crippen LogP contribution in [0.15, 0.2) is 0 Å². The van der Waals surface area contributed by atoms with Crippen LogP contribution in [0.5, 0.6) is 0 Å². The molecule has 2 nitrogen and oxygen atoms in total. The zero-order valence-electron chi connectivity index (χ0n) is 9.47. The maximum absolute atomic E-state index is 11.0. The van der Waals surface area contributed by atoms with Gasteiger partial charge in [0, 0.05) is 12.0 Å². The van der Waals surface area contributed by atoms with Crippen molar-refractivity contribution in [3.8, 4) is 0 Å². The van der Waals surface area contributed by atoms with E-state index in [0.29, 0.717) is 0 Å². The minimum Gasteiger partial charge on any atom is -0.303 e. The van der Waals surface area contributed by atoms with Gasteiger partial charge in [0.15, 0.2) is 0 Å². The summed E-state index contributed by atoms with van der Waals surface area (Å²) in [5.74, 6) is 0. The molecule has 0 unspecified atom stereocenters. The van der Waals surface area contributed by atoms with E-state index in [1.54, 1.807) is 0 Å². The zero-order valence-corrected chi connectivity index (χ0v) is 9.47. The summed E-state index contributed by atoms with van der Waals surface area (Å²) in [4.78, 5) is 13.4. The standard InChI is InChI=1S/C11H23NO/c1-5-11(6-2,10-13)9-12(7-3)8-4/h10H,5-9H2,1-4H3. The molecule has 0 fully saturated rings. The number of hydrogen-bond donors (Lipinski definition) is 0. The summed E-state index contributed by atoms with van der Waals surface area (Å²) < 4.78 is 0. The molecular weight excluding hydrogens is 162 g/mol. The fourth-order valence-electron chi connectivity index (χ4n) is 1.57. The van der Waals surface area contributed by atoms with E-state index in [1.165, 1.54) is 0 Å². The summed E-state index contributed by atoms with van der Waals surface area (Å²) in [6.07, 6.45) is 3.04. The van der Waals surface area contributed by atoms with Gasteiger partial charge in [0.25, 0.3) is 0 Å². The Bertz CT molecular complexity index is 137. The van der Waals surface area contributed by atoms with E-state index in [2.05, 4.69) is 32.6 Å². The van der Waals surface area contributed by atoms with Gasteiger partial charge in [-0.25, -0.2) is 0 Å². The third kappa shape index (κ3) is 3.47. The molecule has 0 aromatic rings. The minimum atomic E-state index is -0.105. The Kier molecular flexibility index (Phi) is 5.97. The van der Waals surface area contributed by atoms with Gasteiger partial charge in [-0.05, 0) is 25.9 Å². The van der Waals surface area contributed by atoms with Crippen LogP contribution in [0.4, 0.5) is 0 Å². The van der Waals surface area contributed by atoms with Crippen LogP contribution in [0, 0.1) is 5.41 Å². The lowest BCUT2D eigenvalue weighted by Crippen LogP contribution is -2.38. The quantitative estimate of drug-likeness (QED) is 0.567. The molecular formula is C11H23NO. The highest BCUT2D eigenvalue weighted by Gasteiger charge is 2.27. The molecule has 0 saturated heterocycles. The predicted octanol–water partition coefficient (Wildman–Crippen LogP) is 2.33. The van der Waals surface area contributed by atoms with Crippen LogP contribution in [0.25, 0.3) is 0 Å². The van der Waals surface area contributed by atoms with E-state index < -0.39 is 0 Å². The van der Waals surface area contributed by atoms with E-state index >= 15 is 0 Å². The van der Waals surface area contributed by atoms with E-state index in [0.717, 1.165) is 38.8 Å². The van der Waals surface area contributed by atoms with E-state index in [-0.39, 0.29) is 5.41 Å². The van der Waals surface area contributed by atoms with Crippen molar-refractivity contribution in [2.45, 2.75) is 40.5 Å². The Hall–Kier alpha value is -0.370. The number of carbonyl (C=O) groups is 1. The summed E-state index contributed by atoms with van der Waals surface area (Å²) in [5, 5.41) is 0. The van der Waals surface area contributed by atoms with Crippen LogP contribution in [0.2, 0.25) is 0 Å². The zero-order chi connectivity index (χ0) is 10.3. The Morgan fingerprint density at radius 1 is 1.08 bits per heavy atom. The molecule has 13 heavy (non-hydrogen) atoms. The molecule has 78 valence electrons. The molecule has 0 aliphatic rings. The average molecular weight is 185 g/mol. The molecule has 0 saturated carbocycles. The Morgan fingerprint density at radius 2 is 1.54 bits per heavy atom. The van der Waals surface area contributed by atoms with Crippen molar-refractivity contribution in [1.29, 1.82) is 0 Å². The number of rotatable bonds is 7. The van der Waals surface area contributed by atoms with Gasteiger partial charge in [0.05, 0.1) is 0 Å². The fraction of sp³-hybridized carbons (Fsp3) is 0.909. The molecule has 0 aliphatic heterocycles. The van der Waals surface area contributed by atoms with Crippen molar-refractivity contribution in [3.05, 3.63) is 0 Å². The summed E-state index contributed by atoms with van der Waals surface area (Å²) in [5.41, 5.74) is -0.105. The first-order valence-corrected chi connectivity index (χ1v) is 5.36. The van der Waals surface area contributed by atoms with Crippen LogP contribution in [0.1, 0.15) is 40.5 Å². The minimum absolute atomic E-state index is 0.105. The third-order valence-corrected chi connectivity index (χ3v) is 3.09. The van der Waals surface area contributed by atoms with Crippen LogP contribution in [0.3, 0.4) is 0 Å². The van der Waals surface area contributed by atoms with Crippen molar-refractivity contribution in [2.24, 2.45) is 5.41 Å². The molecule has 2 heteroatoms. The van der Waals surface area contributed by atoms with Crippen LogP contribution in [-0.4, -0.2) is 30.8 Å². The Labute approximate surface area is 82.3 Å². The Morgan fingerprint density at radius 3 is 1.77 bits per heavy atom. The summed E-state index contributed by atoms with van der Waals surface area (Å²) >= 11 is 0. The number of aldehydes is 1. The summed E-state index contributed by atoms with van der Waals surface area (Å²) in [7, 11) is 0. The van der Waals surface area contributed by atoms with Gasteiger partial charge < -0.3 is 9.69 Å². The summed E-state index contributed by atoms with van der Waals surface area (Å²) in [6.45, 7) is 11.5. The molecule has 0 aromatic heterocycles. The molecule has 0 aromatic carbocycles. The topological polar surface area (TPSA) is 20.3 Å². The van der Waals surface area contributed by atoms with Gasteiger partial charge in [0.2, 0.25) is 0 Å². The van der Waals surface area contributed by atoms with Crippen LogP contribution in [-0.2, 0) is 4.79 Å². The predicted molar refractivity (Wildman–Crippen MR) is 56.9 cm³/mol. The second-order valence-corrected chi connectivity index (χ2v) is 3.65. The molecule has 0 bridgehead atoms. The highest BCUT2D eigenvalue weighted by Crippen LogP contribution is 2.24. The maximum Gasteiger partial charge on any atom is 0.127 e. The first-order chi connectivity index (χ1) is 6.17. The highest BCUT2D eigenvalue weighted by atomic mass is 16.1. The third-order valence-electron chi connectivity index (χ3n) is 3.09. The molecule has 0 N–H and O–H groups in total. The van der Waals surface area contributed by atoms with Gasteiger partial charge in [0.1, 0.15) is 6.29 Å². The lowest BCUT2D eigenvalue weighted by Gasteiger charge is -2.31. The second-order valence-electron chi connectivity index (χ2n) is 3.65. The maximum atomic E-state index is 11.0. The van der Waals surface area contributed by atoms with E-state index in [9.17, 15) is 4.79 Å². The first kappa shape index (κ1) is 12.6. The van der Waals surface area contributed by atoms with Crippen molar-refractivity contribution >= 4 is 6.29 Å². The van der Waals surface area contributed by atoms with Crippen molar-refractivity contribution in [2.75, 3.05) is 19.6 Å². The largest absolute Gasteiger partial charge is 0.303 e. The van der Waals surface area contributed by atoms with Gasteiger partial charge in [-0.2, -0.15) is 0 Å².